The number of benzene rings is 1. The third kappa shape index (κ3) is 3.71. The lowest BCUT2D eigenvalue weighted by Crippen LogP contribution is -2.41. The Bertz CT molecular complexity index is 421. The molecule has 0 aliphatic heterocycles. The molecule has 2 unspecified atom stereocenters. The van der Waals surface area contributed by atoms with Gasteiger partial charge < -0.3 is 10.4 Å². The van der Waals surface area contributed by atoms with Gasteiger partial charge >= 0.3 is 0 Å². The number of thioether (sulfide) groups is 1. The summed E-state index contributed by atoms with van der Waals surface area (Å²) in [5, 5.41) is 11.9. The first-order chi connectivity index (χ1) is 8.49. The van der Waals surface area contributed by atoms with E-state index in [1.807, 2.05) is 13.2 Å². The molecule has 2 atom stereocenters. The van der Waals surface area contributed by atoms with Crippen LogP contribution in [0.2, 0.25) is 0 Å². The van der Waals surface area contributed by atoms with Gasteiger partial charge in [0.05, 0.1) is 6.61 Å². The van der Waals surface area contributed by atoms with Crippen LogP contribution in [-0.4, -0.2) is 35.2 Å². The van der Waals surface area contributed by atoms with Gasteiger partial charge in [-0.05, 0) is 37.8 Å². The van der Waals surface area contributed by atoms with Gasteiger partial charge in [-0.3, -0.25) is 4.79 Å². The van der Waals surface area contributed by atoms with Crippen molar-refractivity contribution < 1.29 is 14.3 Å². The molecule has 18 heavy (non-hydrogen) atoms. The van der Waals surface area contributed by atoms with Crippen molar-refractivity contribution in [2.45, 2.75) is 25.1 Å². The Morgan fingerprint density at radius 3 is 2.78 bits per heavy atom. The van der Waals surface area contributed by atoms with Gasteiger partial charge in [-0.25, -0.2) is 4.39 Å². The van der Waals surface area contributed by atoms with Crippen molar-refractivity contribution in [3.63, 3.8) is 0 Å². The van der Waals surface area contributed by atoms with Crippen LogP contribution in [0.4, 0.5) is 4.39 Å². The molecule has 3 nitrogen and oxygen atoms in total. The lowest BCUT2D eigenvalue weighted by atomic mass is 10.1. The summed E-state index contributed by atoms with van der Waals surface area (Å²) in [7, 11) is 0. The number of aliphatic hydroxyl groups is 1. The topological polar surface area (TPSA) is 49.3 Å². The summed E-state index contributed by atoms with van der Waals surface area (Å²) in [4.78, 5) is 12.0. The van der Waals surface area contributed by atoms with Crippen LogP contribution in [0.3, 0.4) is 0 Å². The molecule has 0 aliphatic carbocycles. The van der Waals surface area contributed by atoms with E-state index in [0.717, 1.165) is 5.56 Å². The zero-order chi connectivity index (χ0) is 13.7. The molecular weight excluding hydrogens is 253 g/mol. The van der Waals surface area contributed by atoms with Crippen molar-refractivity contribution in [3.8, 4) is 0 Å². The minimum Gasteiger partial charge on any atom is -0.395 e. The van der Waals surface area contributed by atoms with Gasteiger partial charge in [-0.1, -0.05) is 6.07 Å². The predicted molar refractivity (Wildman–Crippen MR) is 72.5 cm³/mol. The highest BCUT2D eigenvalue weighted by Crippen LogP contribution is 2.13. The average molecular weight is 271 g/mol. The van der Waals surface area contributed by atoms with Crippen molar-refractivity contribution in [1.82, 2.24) is 5.32 Å². The van der Waals surface area contributed by atoms with Gasteiger partial charge in [-0.15, -0.1) is 0 Å². The van der Waals surface area contributed by atoms with Crippen LogP contribution in [0.5, 0.6) is 0 Å². The molecule has 5 heteroatoms. The van der Waals surface area contributed by atoms with E-state index >= 15 is 0 Å². The normalized spacial score (nSPS) is 14.1. The Labute approximate surface area is 111 Å². The summed E-state index contributed by atoms with van der Waals surface area (Å²) < 4.78 is 13.1. The van der Waals surface area contributed by atoms with Gasteiger partial charge in [0.1, 0.15) is 5.82 Å². The van der Waals surface area contributed by atoms with Crippen LogP contribution >= 0.6 is 11.8 Å². The highest BCUT2D eigenvalue weighted by molar-refractivity contribution is 7.99. The smallest absolute Gasteiger partial charge is 0.251 e. The van der Waals surface area contributed by atoms with Gasteiger partial charge in [0.15, 0.2) is 0 Å². The van der Waals surface area contributed by atoms with E-state index < -0.39 is 5.82 Å². The van der Waals surface area contributed by atoms with Crippen molar-refractivity contribution >= 4 is 17.7 Å². The second-order valence-corrected chi connectivity index (χ2v) is 5.26. The Kier molecular flexibility index (Phi) is 5.62. The number of carbonyl (C=O) groups is 1. The fraction of sp³-hybridized carbons (Fsp3) is 0.462. The van der Waals surface area contributed by atoms with E-state index in [1.165, 1.54) is 23.9 Å². The number of amides is 1. The van der Waals surface area contributed by atoms with Crippen LogP contribution < -0.4 is 5.32 Å². The zero-order valence-corrected chi connectivity index (χ0v) is 11.6. The molecular formula is C13H18FNO2S. The highest BCUT2D eigenvalue weighted by Gasteiger charge is 2.19. The molecule has 0 heterocycles. The minimum atomic E-state index is -0.429. The predicted octanol–water partition coefficient (Wildman–Crippen LogP) is 1.98. The van der Waals surface area contributed by atoms with E-state index in [1.54, 1.807) is 13.0 Å². The molecule has 0 aromatic heterocycles. The molecule has 0 saturated heterocycles. The monoisotopic (exact) mass is 271 g/mol. The van der Waals surface area contributed by atoms with Crippen molar-refractivity contribution in [3.05, 3.63) is 35.1 Å². The number of nitrogens with one attached hydrogen (secondary N) is 1. The summed E-state index contributed by atoms with van der Waals surface area (Å²) in [6, 6.07) is 3.95. The quantitative estimate of drug-likeness (QED) is 0.861. The van der Waals surface area contributed by atoms with E-state index in [2.05, 4.69) is 5.32 Å². The lowest BCUT2D eigenvalue weighted by Gasteiger charge is -2.21. The maximum absolute atomic E-state index is 13.1. The average Bonchev–Trinajstić information content (AvgIpc) is 2.33. The largest absolute Gasteiger partial charge is 0.395 e. The third-order valence-corrected chi connectivity index (χ3v) is 4.01. The Hall–Kier alpha value is -1.07. The second kappa shape index (κ2) is 6.75. The molecule has 2 N–H and O–H groups in total. The molecule has 0 radical (unpaired) electrons. The molecule has 0 saturated carbocycles. The molecule has 0 spiro atoms. The third-order valence-electron chi connectivity index (χ3n) is 2.84. The summed E-state index contributed by atoms with van der Waals surface area (Å²) in [6.45, 7) is 3.58. The SMILES string of the molecule is CSC(CO)C(C)NC(=O)c1cc(F)ccc1C. The van der Waals surface area contributed by atoms with E-state index in [4.69, 9.17) is 5.11 Å². The molecule has 0 aliphatic rings. The number of hydrogen-bond donors (Lipinski definition) is 2. The van der Waals surface area contributed by atoms with Gasteiger partial charge in [0.2, 0.25) is 0 Å². The molecule has 1 amide bonds. The number of halogens is 1. The molecule has 100 valence electrons. The van der Waals surface area contributed by atoms with E-state index in [9.17, 15) is 9.18 Å². The molecule has 0 bridgehead atoms. The van der Waals surface area contributed by atoms with Crippen molar-refractivity contribution in [2.75, 3.05) is 12.9 Å². The maximum atomic E-state index is 13.1. The summed E-state index contributed by atoms with van der Waals surface area (Å²) in [5.41, 5.74) is 1.06. The zero-order valence-electron chi connectivity index (χ0n) is 10.7. The number of aryl methyl sites for hydroxylation is 1. The number of carbonyl (C=O) groups excluding carboxylic acids is 1. The van der Waals surface area contributed by atoms with Crippen LogP contribution in [-0.2, 0) is 0 Å². The van der Waals surface area contributed by atoms with Crippen molar-refractivity contribution in [2.24, 2.45) is 0 Å². The fourth-order valence-corrected chi connectivity index (χ4v) is 2.28. The maximum Gasteiger partial charge on any atom is 0.251 e. The van der Waals surface area contributed by atoms with E-state index in [0.29, 0.717) is 5.56 Å². The Morgan fingerprint density at radius 1 is 1.56 bits per heavy atom. The standard InChI is InChI=1S/C13H18FNO2S/c1-8-4-5-10(14)6-11(8)13(17)15-9(2)12(7-16)18-3/h4-6,9,12,16H,7H2,1-3H3,(H,15,17). The van der Waals surface area contributed by atoms with E-state index in [-0.39, 0.29) is 23.8 Å². The van der Waals surface area contributed by atoms with Gasteiger partial charge in [0.25, 0.3) is 5.91 Å². The molecule has 0 fully saturated rings. The fourth-order valence-electron chi connectivity index (χ4n) is 1.65. The first-order valence-corrected chi connectivity index (χ1v) is 6.99. The summed E-state index contributed by atoms with van der Waals surface area (Å²) in [6.07, 6.45) is 1.87. The van der Waals surface area contributed by atoms with Crippen LogP contribution in [0, 0.1) is 12.7 Å². The van der Waals surface area contributed by atoms with Crippen LogP contribution in [0.15, 0.2) is 18.2 Å². The minimum absolute atomic E-state index is 0.00918. The number of rotatable bonds is 5. The Morgan fingerprint density at radius 2 is 2.22 bits per heavy atom. The first-order valence-electron chi connectivity index (χ1n) is 5.70. The first kappa shape index (κ1) is 15.0. The Balaban J connectivity index is 2.79. The summed E-state index contributed by atoms with van der Waals surface area (Å²) >= 11 is 1.48. The molecule has 1 aromatic carbocycles. The number of hydrogen-bond acceptors (Lipinski definition) is 3. The second-order valence-electron chi connectivity index (χ2n) is 4.18. The van der Waals surface area contributed by atoms with Crippen LogP contribution in [0.1, 0.15) is 22.8 Å². The van der Waals surface area contributed by atoms with Gasteiger partial charge in [0, 0.05) is 16.9 Å². The van der Waals surface area contributed by atoms with Gasteiger partial charge in [-0.2, -0.15) is 11.8 Å². The van der Waals surface area contributed by atoms with Crippen molar-refractivity contribution in [1.29, 1.82) is 0 Å². The lowest BCUT2D eigenvalue weighted by molar-refractivity contribution is 0.0935. The molecule has 1 aromatic rings. The van der Waals surface area contributed by atoms with Crippen LogP contribution in [0.25, 0.3) is 0 Å². The highest BCUT2D eigenvalue weighted by atomic mass is 32.2. The summed E-state index contributed by atoms with van der Waals surface area (Å²) in [5.74, 6) is -0.742. The number of aliphatic hydroxyl groups excluding tert-OH is 1. The molecule has 1 rings (SSSR count).